The molecule has 9 rings (SSSR count). The Labute approximate surface area is 276 Å². The maximum Gasteiger partial charge on any atom is 0.0631 e. The average Bonchev–Trinajstić information content (AvgIpc) is 3.77. The molecule has 9 N–H and O–H groups in total. The van der Waals surface area contributed by atoms with E-state index >= 15 is 0 Å². The zero-order chi connectivity index (χ0) is 28.5. The van der Waals surface area contributed by atoms with Gasteiger partial charge in [-0.05, 0) is 111 Å². The number of fused-ring (bicyclic) bond motifs is 20. The van der Waals surface area contributed by atoms with Crippen molar-refractivity contribution in [2.45, 2.75) is 152 Å². The number of aliphatic hydroxyl groups is 1. The van der Waals surface area contributed by atoms with Crippen LogP contribution >= 0.6 is 0 Å². The third-order valence-electron chi connectivity index (χ3n) is 14.5. The number of hydrogen-bond donors (Lipinski definition) is 9. The predicted molar refractivity (Wildman–Crippen MR) is 168 cm³/mol. The fourth-order valence-electron chi connectivity index (χ4n) is 12.7. The smallest absolute Gasteiger partial charge is 0.0631 e. The first-order valence-electron chi connectivity index (χ1n) is 18.9. The van der Waals surface area contributed by atoms with Crippen molar-refractivity contribution in [1.29, 1.82) is 0 Å². The molecular formula is C34H60CuN8O. The first-order chi connectivity index (χ1) is 21.2. The summed E-state index contributed by atoms with van der Waals surface area (Å²) < 4.78 is 0. The van der Waals surface area contributed by atoms with Crippen molar-refractivity contribution in [3.8, 4) is 0 Å². The van der Waals surface area contributed by atoms with E-state index in [-0.39, 0.29) is 17.1 Å². The number of aliphatic hydroxyl groups excluding tert-OH is 1. The molecule has 253 valence electrons. The summed E-state index contributed by atoms with van der Waals surface area (Å²) in [6.07, 6.45) is 24.0. The Morgan fingerprint density at radius 2 is 0.659 bits per heavy atom. The van der Waals surface area contributed by atoms with Crippen LogP contribution in [0.25, 0.3) is 0 Å². The second-order valence-electron chi connectivity index (χ2n) is 16.4. The summed E-state index contributed by atoms with van der Waals surface area (Å²) in [4.78, 5) is 0. The Morgan fingerprint density at radius 1 is 0.364 bits per heavy atom. The molecule has 9 aliphatic rings. The van der Waals surface area contributed by atoms with Gasteiger partial charge in [0, 0.05) is 23.7 Å². The molecule has 17 atom stereocenters. The van der Waals surface area contributed by atoms with Gasteiger partial charge in [0.1, 0.15) is 0 Å². The predicted octanol–water partition coefficient (Wildman–Crippen LogP) is 2.21. The molecule has 10 heteroatoms. The van der Waals surface area contributed by atoms with Crippen LogP contribution in [0.2, 0.25) is 0 Å². The summed E-state index contributed by atoms with van der Waals surface area (Å²) in [5.74, 6) is 6.01. The molecule has 17 unspecified atom stereocenters. The van der Waals surface area contributed by atoms with Crippen LogP contribution < -0.4 is 42.5 Å². The SMILES string of the molecule is OCCC1CCCC2C3NC4NC(NC5NC(NC6NC(NC(N3)C12)C1CCCCC61)C1CCCCC51)C1CCCCC41.[Cu]. The first-order valence-corrected chi connectivity index (χ1v) is 18.9. The van der Waals surface area contributed by atoms with E-state index in [1.165, 1.54) is 96.3 Å². The number of nitrogens with one attached hydrogen (secondary N) is 8. The van der Waals surface area contributed by atoms with Crippen LogP contribution in [0.1, 0.15) is 103 Å². The molecule has 0 aromatic rings. The molecule has 0 aromatic carbocycles. The van der Waals surface area contributed by atoms with Crippen molar-refractivity contribution in [2.75, 3.05) is 6.61 Å². The summed E-state index contributed by atoms with van der Waals surface area (Å²) in [7, 11) is 0. The number of rotatable bonds is 2. The Kier molecular flexibility index (Phi) is 9.45. The molecule has 4 aliphatic carbocycles. The fraction of sp³-hybridized carbons (Fsp3) is 1.00. The van der Waals surface area contributed by atoms with E-state index in [4.69, 9.17) is 0 Å². The average molecular weight is 660 g/mol. The van der Waals surface area contributed by atoms with Gasteiger partial charge in [0.25, 0.3) is 0 Å². The molecule has 0 amide bonds. The van der Waals surface area contributed by atoms with Gasteiger partial charge in [-0.1, -0.05) is 44.9 Å². The molecule has 0 spiro atoms. The molecule has 5 saturated heterocycles. The third kappa shape index (κ3) is 5.48. The largest absolute Gasteiger partial charge is 0.396 e. The van der Waals surface area contributed by atoms with Gasteiger partial charge in [0.15, 0.2) is 0 Å². The van der Waals surface area contributed by atoms with E-state index in [0.717, 1.165) is 18.3 Å². The molecule has 8 bridgehead atoms. The second kappa shape index (κ2) is 13.2. The summed E-state index contributed by atoms with van der Waals surface area (Å²) in [5.41, 5.74) is 0. The van der Waals surface area contributed by atoms with Gasteiger partial charge in [0.2, 0.25) is 0 Å². The van der Waals surface area contributed by atoms with E-state index < -0.39 is 0 Å². The van der Waals surface area contributed by atoms with Crippen molar-refractivity contribution in [2.24, 2.45) is 53.3 Å². The zero-order valence-corrected chi connectivity index (χ0v) is 27.5. The summed E-state index contributed by atoms with van der Waals surface area (Å²) in [6.45, 7) is 0.316. The standard InChI is InChI=1S/C34H60N8O.Cu/c43-17-16-18-8-7-15-25-26(18)34-41-32-24-14-6-5-13-23(24)30(39-32)37-28-20-10-2-1-9-19(20)27(35-28)36-29-21-11-3-4-12-22(21)31(38-29)40-33(25)42-34;/h18-43H,1-17H2;. The second-order valence-corrected chi connectivity index (χ2v) is 16.4. The Morgan fingerprint density at radius 3 is 1.00 bits per heavy atom. The van der Waals surface area contributed by atoms with E-state index in [0.29, 0.717) is 97.4 Å². The topological polar surface area (TPSA) is 116 Å². The molecule has 5 aliphatic heterocycles. The van der Waals surface area contributed by atoms with Gasteiger partial charge in [0.05, 0.1) is 49.3 Å². The quantitative estimate of drug-likeness (QED) is 0.206. The Bertz CT molecular complexity index is 989. The van der Waals surface area contributed by atoms with E-state index in [1.54, 1.807) is 0 Å². The zero-order valence-electron chi connectivity index (χ0n) is 26.6. The van der Waals surface area contributed by atoms with Crippen LogP contribution in [0.3, 0.4) is 0 Å². The number of hydrogen-bond acceptors (Lipinski definition) is 9. The monoisotopic (exact) mass is 659 g/mol. The van der Waals surface area contributed by atoms with Gasteiger partial charge in [-0.3, -0.25) is 42.5 Å². The normalized spacial score (nSPS) is 54.9. The van der Waals surface area contributed by atoms with E-state index in [2.05, 4.69) is 42.5 Å². The van der Waals surface area contributed by atoms with Crippen LogP contribution in [-0.4, -0.2) is 61.0 Å². The van der Waals surface area contributed by atoms with Gasteiger partial charge in [-0.15, -0.1) is 0 Å². The van der Waals surface area contributed by atoms with Gasteiger partial charge in [-0.25, -0.2) is 0 Å². The maximum absolute atomic E-state index is 10.1. The molecule has 5 heterocycles. The Hall–Kier alpha value is 0.159. The van der Waals surface area contributed by atoms with Crippen LogP contribution in [-0.2, 0) is 17.1 Å². The van der Waals surface area contributed by atoms with Gasteiger partial charge in [-0.2, -0.15) is 0 Å². The molecular weight excluding hydrogens is 600 g/mol. The minimum absolute atomic E-state index is 0. The first kappa shape index (κ1) is 31.4. The minimum atomic E-state index is 0. The van der Waals surface area contributed by atoms with Crippen LogP contribution in [0.15, 0.2) is 0 Å². The molecule has 1 radical (unpaired) electrons. The molecule has 0 aromatic heterocycles. The van der Waals surface area contributed by atoms with E-state index in [1.807, 2.05) is 0 Å². The van der Waals surface area contributed by atoms with Crippen molar-refractivity contribution in [1.82, 2.24) is 42.5 Å². The van der Waals surface area contributed by atoms with E-state index in [9.17, 15) is 5.11 Å². The fourth-order valence-corrected chi connectivity index (χ4v) is 12.7. The third-order valence-corrected chi connectivity index (χ3v) is 14.5. The molecule has 9 nitrogen and oxygen atoms in total. The molecule has 44 heavy (non-hydrogen) atoms. The van der Waals surface area contributed by atoms with Crippen molar-refractivity contribution in [3.05, 3.63) is 0 Å². The molecule has 4 saturated carbocycles. The van der Waals surface area contributed by atoms with Crippen LogP contribution in [0.5, 0.6) is 0 Å². The van der Waals surface area contributed by atoms with Crippen molar-refractivity contribution in [3.63, 3.8) is 0 Å². The van der Waals surface area contributed by atoms with Gasteiger partial charge >= 0.3 is 0 Å². The van der Waals surface area contributed by atoms with Crippen LogP contribution in [0, 0.1) is 53.3 Å². The summed E-state index contributed by atoms with van der Waals surface area (Å²) in [5, 5.41) is 43.9. The Balaban J connectivity index is 0.00000289. The molecule has 9 fully saturated rings. The van der Waals surface area contributed by atoms with Gasteiger partial charge < -0.3 is 5.11 Å². The van der Waals surface area contributed by atoms with Crippen molar-refractivity contribution < 1.29 is 22.2 Å². The van der Waals surface area contributed by atoms with Crippen LogP contribution in [0.4, 0.5) is 0 Å². The minimum Gasteiger partial charge on any atom is -0.396 e. The van der Waals surface area contributed by atoms with Crippen molar-refractivity contribution >= 4 is 0 Å². The summed E-state index contributed by atoms with van der Waals surface area (Å²) >= 11 is 0. The summed E-state index contributed by atoms with van der Waals surface area (Å²) in [6, 6.07) is 0. The maximum atomic E-state index is 10.1.